The zero-order chi connectivity index (χ0) is 28.7. The summed E-state index contributed by atoms with van der Waals surface area (Å²) in [6.07, 6.45) is -0.779. The maximum absolute atomic E-state index is 13.4. The lowest BCUT2D eigenvalue weighted by atomic mass is 9.94. The van der Waals surface area contributed by atoms with Gasteiger partial charge in [-0.15, -0.1) is 0 Å². The van der Waals surface area contributed by atoms with E-state index < -0.39 is 30.1 Å². The summed E-state index contributed by atoms with van der Waals surface area (Å²) in [5, 5.41) is 9.52. The van der Waals surface area contributed by atoms with Gasteiger partial charge in [0.1, 0.15) is 5.82 Å². The predicted octanol–water partition coefficient (Wildman–Crippen LogP) is 5.02. The average Bonchev–Trinajstić information content (AvgIpc) is 3.63. The van der Waals surface area contributed by atoms with E-state index in [1.807, 2.05) is 39.0 Å². The molecule has 3 aromatic rings. The minimum atomic E-state index is -4.37. The van der Waals surface area contributed by atoms with Crippen LogP contribution in [0, 0.1) is 5.92 Å². The van der Waals surface area contributed by atoms with Crippen LogP contribution < -0.4 is 10.6 Å². The molecular formula is C28H31F3N6O3. The van der Waals surface area contributed by atoms with Gasteiger partial charge >= 0.3 is 6.18 Å². The van der Waals surface area contributed by atoms with Crippen molar-refractivity contribution in [1.82, 2.24) is 25.3 Å². The smallest absolute Gasteiger partial charge is 0.342 e. The first-order chi connectivity index (χ1) is 18.9. The fraction of sp³-hybridized carbons (Fsp3) is 0.464. The summed E-state index contributed by atoms with van der Waals surface area (Å²) in [7, 11) is 0. The molecule has 9 nitrogen and oxygen atoms in total. The molecule has 2 N–H and O–H groups in total. The molecule has 0 saturated heterocycles. The van der Waals surface area contributed by atoms with Gasteiger partial charge in [0.2, 0.25) is 11.8 Å². The fourth-order valence-corrected chi connectivity index (χ4v) is 4.68. The molecule has 2 aromatic heterocycles. The first-order valence-electron chi connectivity index (χ1n) is 13.2. The summed E-state index contributed by atoms with van der Waals surface area (Å²) >= 11 is 0. The molecule has 3 heterocycles. The Morgan fingerprint density at radius 2 is 1.82 bits per heavy atom. The molecule has 1 atom stereocenters. The third-order valence-electron chi connectivity index (χ3n) is 6.92. The molecule has 2 amide bonds. The van der Waals surface area contributed by atoms with Gasteiger partial charge in [-0.3, -0.25) is 14.5 Å². The van der Waals surface area contributed by atoms with Gasteiger partial charge in [-0.1, -0.05) is 38.1 Å². The van der Waals surface area contributed by atoms with Crippen molar-refractivity contribution in [2.24, 2.45) is 5.92 Å². The molecule has 212 valence electrons. The normalized spacial score (nSPS) is 18.1. The molecular weight excluding hydrogens is 525 g/mol. The van der Waals surface area contributed by atoms with Crippen molar-refractivity contribution in [3.8, 4) is 11.1 Å². The van der Waals surface area contributed by atoms with E-state index in [0.29, 0.717) is 17.3 Å². The fourth-order valence-electron chi connectivity index (χ4n) is 4.68. The lowest BCUT2D eigenvalue weighted by Gasteiger charge is -2.22. The van der Waals surface area contributed by atoms with E-state index in [2.05, 4.69) is 25.8 Å². The lowest BCUT2D eigenvalue weighted by Crippen LogP contribution is -2.35. The van der Waals surface area contributed by atoms with Crippen molar-refractivity contribution in [3.05, 3.63) is 59.4 Å². The molecule has 0 radical (unpaired) electrons. The van der Waals surface area contributed by atoms with E-state index in [-0.39, 0.29) is 37.2 Å². The summed E-state index contributed by atoms with van der Waals surface area (Å²) in [6, 6.07) is 8.47. The first kappa shape index (κ1) is 27.8. The number of aromatic nitrogens is 3. The Morgan fingerprint density at radius 3 is 2.50 bits per heavy atom. The van der Waals surface area contributed by atoms with Gasteiger partial charge in [-0.2, -0.15) is 18.2 Å². The highest BCUT2D eigenvalue weighted by molar-refractivity contribution is 5.93. The van der Waals surface area contributed by atoms with E-state index >= 15 is 0 Å². The topological polar surface area (TPSA) is 113 Å². The molecule has 0 spiro atoms. The number of fused-ring (bicyclic) bond motifs is 1. The van der Waals surface area contributed by atoms with E-state index in [9.17, 15) is 22.8 Å². The van der Waals surface area contributed by atoms with E-state index in [1.54, 1.807) is 18.3 Å². The van der Waals surface area contributed by atoms with Crippen molar-refractivity contribution in [2.45, 2.75) is 64.2 Å². The highest BCUT2D eigenvalue weighted by Gasteiger charge is 2.34. The van der Waals surface area contributed by atoms with Crippen LogP contribution in [0.15, 0.2) is 41.1 Å². The molecule has 0 unspecified atom stereocenters. The summed E-state index contributed by atoms with van der Waals surface area (Å²) in [5.74, 6) is 0.0000328. The van der Waals surface area contributed by atoms with Gasteiger partial charge in [0.15, 0.2) is 0 Å². The van der Waals surface area contributed by atoms with Crippen molar-refractivity contribution < 1.29 is 27.3 Å². The monoisotopic (exact) mass is 556 g/mol. The van der Waals surface area contributed by atoms with Crippen LogP contribution in [0.3, 0.4) is 0 Å². The van der Waals surface area contributed by atoms with Gasteiger partial charge < -0.3 is 15.2 Å². The van der Waals surface area contributed by atoms with Gasteiger partial charge in [0.25, 0.3) is 11.7 Å². The number of anilines is 1. The molecule has 1 saturated carbocycles. The molecule has 12 heteroatoms. The van der Waals surface area contributed by atoms with Gasteiger partial charge in [0, 0.05) is 30.6 Å². The zero-order valence-corrected chi connectivity index (χ0v) is 22.5. The number of nitrogens with one attached hydrogen (secondary N) is 2. The van der Waals surface area contributed by atoms with Crippen LogP contribution in [0.5, 0.6) is 0 Å². The quantitative estimate of drug-likeness (QED) is 0.439. The second-order valence-electron chi connectivity index (χ2n) is 11.4. The SMILES string of the molecule is CC(C)(C)c1nc(C(=O)N[C@@H]2CCN(CC(F)(F)F)Cc3cc(-c4ccnc(NC(=O)C5CC5)c4)ccc32)no1. The second-order valence-corrected chi connectivity index (χ2v) is 11.4. The van der Waals surface area contributed by atoms with Crippen molar-refractivity contribution in [3.63, 3.8) is 0 Å². The van der Waals surface area contributed by atoms with Gasteiger partial charge in [-0.05, 0) is 59.7 Å². The van der Waals surface area contributed by atoms with Crippen LogP contribution in [-0.4, -0.2) is 51.1 Å². The highest BCUT2D eigenvalue weighted by Crippen LogP contribution is 2.34. The molecule has 2 aliphatic rings. The minimum absolute atomic E-state index is 0.0252. The molecule has 5 rings (SSSR count). The largest absolute Gasteiger partial charge is 0.401 e. The summed E-state index contributed by atoms with van der Waals surface area (Å²) < 4.78 is 45.3. The third-order valence-corrected chi connectivity index (χ3v) is 6.92. The Balaban J connectivity index is 1.42. The first-order valence-corrected chi connectivity index (χ1v) is 13.2. The van der Waals surface area contributed by atoms with E-state index in [4.69, 9.17) is 4.52 Å². The Labute approximate surface area is 229 Å². The third kappa shape index (κ3) is 6.67. The number of alkyl halides is 3. The maximum atomic E-state index is 13.4. The summed E-state index contributed by atoms with van der Waals surface area (Å²) in [4.78, 5) is 35.0. The highest BCUT2D eigenvalue weighted by atomic mass is 19.4. The molecule has 1 aromatic carbocycles. The number of benzene rings is 1. The van der Waals surface area contributed by atoms with Crippen molar-refractivity contribution in [1.29, 1.82) is 0 Å². The molecule has 0 bridgehead atoms. The second kappa shape index (κ2) is 10.6. The number of halogens is 3. The Bertz CT molecular complexity index is 1410. The van der Waals surface area contributed by atoms with Crippen LogP contribution in [0.2, 0.25) is 0 Å². The number of pyridine rings is 1. The summed E-state index contributed by atoms with van der Waals surface area (Å²) in [6.45, 7) is 4.75. The number of amides is 2. The molecule has 1 aliphatic carbocycles. The number of nitrogens with zero attached hydrogens (tertiary/aromatic N) is 4. The number of rotatable bonds is 6. The van der Waals surface area contributed by atoms with Crippen molar-refractivity contribution in [2.75, 3.05) is 18.4 Å². The minimum Gasteiger partial charge on any atom is -0.342 e. The number of carbonyl (C=O) groups excluding carboxylic acids is 2. The summed E-state index contributed by atoms with van der Waals surface area (Å²) in [5.41, 5.74) is 2.46. The van der Waals surface area contributed by atoms with Crippen LogP contribution in [0.25, 0.3) is 11.1 Å². The van der Waals surface area contributed by atoms with Crippen LogP contribution >= 0.6 is 0 Å². The molecule has 40 heavy (non-hydrogen) atoms. The number of hydrogen-bond acceptors (Lipinski definition) is 7. The Kier molecular flexibility index (Phi) is 7.38. The number of hydrogen-bond donors (Lipinski definition) is 2. The number of carbonyl (C=O) groups is 2. The van der Waals surface area contributed by atoms with Crippen LogP contribution in [0.1, 0.15) is 73.7 Å². The Morgan fingerprint density at radius 1 is 1.07 bits per heavy atom. The van der Waals surface area contributed by atoms with Crippen LogP contribution in [-0.2, 0) is 16.8 Å². The molecule has 1 fully saturated rings. The molecule has 1 aliphatic heterocycles. The van der Waals surface area contributed by atoms with E-state index in [0.717, 1.165) is 29.5 Å². The lowest BCUT2D eigenvalue weighted by molar-refractivity contribution is -0.147. The maximum Gasteiger partial charge on any atom is 0.401 e. The predicted molar refractivity (Wildman–Crippen MR) is 140 cm³/mol. The average molecular weight is 557 g/mol. The van der Waals surface area contributed by atoms with Gasteiger partial charge in [0.05, 0.1) is 12.6 Å². The standard InChI is InChI=1S/C28H31F3N6O3/c1-27(2,3)26-35-23(36-40-26)25(39)33-21-9-11-37(15-28(29,30)31)14-19-12-17(6-7-20(19)21)18-8-10-32-22(13-18)34-24(38)16-4-5-16/h6-8,10,12-13,16,21H,4-5,9,11,14-15H2,1-3H3,(H,33,39)(H,32,34,38)/t21-/m1/s1. The van der Waals surface area contributed by atoms with Crippen molar-refractivity contribution >= 4 is 17.6 Å². The van der Waals surface area contributed by atoms with E-state index in [1.165, 1.54) is 4.90 Å². The zero-order valence-electron chi connectivity index (χ0n) is 22.5. The van der Waals surface area contributed by atoms with Gasteiger partial charge in [-0.25, -0.2) is 4.98 Å². The van der Waals surface area contributed by atoms with Crippen LogP contribution in [0.4, 0.5) is 19.0 Å². The Hall–Kier alpha value is -3.80.